The fourth-order valence-corrected chi connectivity index (χ4v) is 2.41. The van der Waals surface area contributed by atoms with E-state index in [0.717, 1.165) is 12.6 Å². The van der Waals surface area contributed by atoms with Gasteiger partial charge in [0.2, 0.25) is 0 Å². The third kappa shape index (κ3) is 6.79. The Morgan fingerprint density at radius 1 is 1.08 bits per heavy atom. The summed E-state index contributed by atoms with van der Waals surface area (Å²) in [6.45, 7) is 1.12. The minimum atomic E-state index is -1.26. The fraction of sp³-hybridized carbons (Fsp3) is 1.00. The van der Waals surface area contributed by atoms with E-state index in [1.165, 1.54) is 19.3 Å². The van der Waals surface area contributed by atoms with Crippen LogP contribution in [0.25, 0.3) is 0 Å². The molecule has 74 valence electrons. The third-order valence-corrected chi connectivity index (χ3v) is 3.82. The van der Waals surface area contributed by atoms with Gasteiger partial charge in [-0.1, -0.05) is 12.8 Å². The summed E-state index contributed by atoms with van der Waals surface area (Å²) in [7, 11) is 4.21. The van der Waals surface area contributed by atoms with Crippen molar-refractivity contribution in [2.45, 2.75) is 25.3 Å². The van der Waals surface area contributed by atoms with Gasteiger partial charge in [0.05, 0.1) is 0 Å². The molecule has 0 radical (unpaired) electrons. The maximum absolute atomic E-state index is 5.21. The molecule has 0 aromatic rings. The lowest BCUT2D eigenvalue weighted by Gasteiger charge is -2.09. The first-order valence-electron chi connectivity index (χ1n) is 4.55. The Hall–Kier alpha value is 0.0969. The molecule has 0 aliphatic carbocycles. The van der Waals surface area contributed by atoms with E-state index in [1.54, 1.807) is 14.2 Å². The van der Waals surface area contributed by atoms with Gasteiger partial charge in [-0.3, -0.25) is 0 Å². The third-order valence-electron chi connectivity index (χ3n) is 1.89. The number of hydrogen-bond acceptors (Lipinski definition) is 3. The van der Waals surface area contributed by atoms with E-state index in [-0.39, 0.29) is 0 Å². The highest BCUT2D eigenvalue weighted by atomic mass is 28.3. The Balaban J connectivity index is 3.06. The predicted octanol–water partition coefficient (Wildman–Crippen LogP) is 0.889. The minimum absolute atomic E-state index is 1.12. The van der Waals surface area contributed by atoms with Crippen molar-refractivity contribution in [3.05, 3.63) is 0 Å². The summed E-state index contributed by atoms with van der Waals surface area (Å²) in [6, 6.07) is 1.14. The molecule has 0 aliphatic rings. The summed E-state index contributed by atoms with van der Waals surface area (Å²) in [5.41, 5.74) is 0. The zero-order chi connectivity index (χ0) is 9.23. The standard InChI is InChI=1S/C8H21NO2Si/c1-9-7-5-4-6-8-12(10-2)11-3/h9,12H,4-8H2,1-3H3. The Morgan fingerprint density at radius 3 is 2.25 bits per heavy atom. The van der Waals surface area contributed by atoms with Gasteiger partial charge < -0.3 is 14.2 Å². The van der Waals surface area contributed by atoms with Crippen LogP contribution in [0.5, 0.6) is 0 Å². The lowest BCUT2D eigenvalue weighted by Crippen LogP contribution is -2.18. The average molecular weight is 191 g/mol. The van der Waals surface area contributed by atoms with E-state index in [0.29, 0.717) is 0 Å². The van der Waals surface area contributed by atoms with Gasteiger partial charge in [0.1, 0.15) is 0 Å². The van der Waals surface area contributed by atoms with Gasteiger partial charge >= 0.3 is 9.28 Å². The average Bonchev–Trinajstić information content (AvgIpc) is 2.11. The van der Waals surface area contributed by atoms with Gasteiger partial charge in [-0.15, -0.1) is 0 Å². The molecule has 0 fully saturated rings. The molecule has 0 spiro atoms. The Labute approximate surface area is 77.3 Å². The molecule has 4 heteroatoms. The maximum atomic E-state index is 5.21. The molecule has 3 nitrogen and oxygen atoms in total. The lowest BCUT2D eigenvalue weighted by atomic mass is 10.2. The highest BCUT2D eigenvalue weighted by Crippen LogP contribution is 2.04. The molecule has 0 unspecified atom stereocenters. The SMILES string of the molecule is CNCCCCC[SiH](OC)OC. The van der Waals surface area contributed by atoms with E-state index in [2.05, 4.69) is 5.32 Å². The Kier molecular flexibility index (Phi) is 9.26. The molecule has 0 rings (SSSR count). The van der Waals surface area contributed by atoms with Crippen molar-refractivity contribution in [3.8, 4) is 0 Å². The van der Waals surface area contributed by atoms with Gasteiger partial charge in [-0.05, 0) is 26.1 Å². The summed E-state index contributed by atoms with van der Waals surface area (Å²) in [5.74, 6) is 0. The molecule has 0 aromatic carbocycles. The smallest absolute Gasteiger partial charge is 0.320 e. The van der Waals surface area contributed by atoms with Crippen LogP contribution < -0.4 is 5.32 Å². The van der Waals surface area contributed by atoms with E-state index in [9.17, 15) is 0 Å². The van der Waals surface area contributed by atoms with Gasteiger partial charge in [-0.25, -0.2) is 0 Å². The Morgan fingerprint density at radius 2 is 1.75 bits per heavy atom. The maximum Gasteiger partial charge on any atom is 0.320 e. The summed E-state index contributed by atoms with van der Waals surface area (Å²) < 4.78 is 10.4. The van der Waals surface area contributed by atoms with Gasteiger partial charge in [0, 0.05) is 14.2 Å². The van der Waals surface area contributed by atoms with Crippen molar-refractivity contribution in [2.75, 3.05) is 27.8 Å². The quantitative estimate of drug-likeness (QED) is 0.456. The molecular weight excluding hydrogens is 170 g/mol. The van der Waals surface area contributed by atoms with E-state index < -0.39 is 9.28 Å². The molecule has 0 atom stereocenters. The molecule has 0 aliphatic heterocycles. The van der Waals surface area contributed by atoms with Crippen LogP contribution in [0.3, 0.4) is 0 Å². The zero-order valence-corrected chi connectivity index (χ0v) is 9.58. The summed E-state index contributed by atoms with van der Waals surface area (Å²) in [5, 5.41) is 3.13. The van der Waals surface area contributed by atoms with Crippen molar-refractivity contribution in [1.29, 1.82) is 0 Å². The van der Waals surface area contributed by atoms with Gasteiger partial charge in [-0.2, -0.15) is 0 Å². The zero-order valence-electron chi connectivity index (χ0n) is 8.43. The van der Waals surface area contributed by atoms with Crippen LogP contribution in [-0.4, -0.2) is 37.1 Å². The van der Waals surface area contributed by atoms with Crippen molar-refractivity contribution in [2.24, 2.45) is 0 Å². The number of rotatable bonds is 8. The normalized spacial score (nSPS) is 11.0. The number of nitrogens with one attached hydrogen (secondary N) is 1. The van der Waals surface area contributed by atoms with Crippen LogP contribution in [0.2, 0.25) is 6.04 Å². The number of hydrogen-bond donors (Lipinski definition) is 1. The molecule has 1 N–H and O–H groups in total. The van der Waals surface area contributed by atoms with E-state index in [1.807, 2.05) is 7.05 Å². The van der Waals surface area contributed by atoms with Crippen molar-refractivity contribution in [3.63, 3.8) is 0 Å². The van der Waals surface area contributed by atoms with Crippen LogP contribution in [0.1, 0.15) is 19.3 Å². The highest BCUT2D eigenvalue weighted by Gasteiger charge is 2.07. The monoisotopic (exact) mass is 191 g/mol. The van der Waals surface area contributed by atoms with Crippen LogP contribution in [0.4, 0.5) is 0 Å². The topological polar surface area (TPSA) is 30.5 Å². The summed E-state index contributed by atoms with van der Waals surface area (Å²) in [6.07, 6.45) is 3.77. The van der Waals surface area contributed by atoms with Crippen molar-refractivity contribution >= 4 is 9.28 Å². The second kappa shape index (κ2) is 9.19. The van der Waals surface area contributed by atoms with Crippen molar-refractivity contribution < 1.29 is 8.85 Å². The van der Waals surface area contributed by atoms with Crippen molar-refractivity contribution in [1.82, 2.24) is 5.32 Å². The van der Waals surface area contributed by atoms with Crippen LogP contribution in [0, 0.1) is 0 Å². The second-order valence-electron chi connectivity index (χ2n) is 2.85. The first-order chi connectivity index (χ1) is 5.85. The van der Waals surface area contributed by atoms with E-state index >= 15 is 0 Å². The predicted molar refractivity (Wildman–Crippen MR) is 53.8 cm³/mol. The fourth-order valence-electron chi connectivity index (χ4n) is 1.12. The molecule has 0 aromatic heterocycles. The summed E-state index contributed by atoms with van der Waals surface area (Å²) in [4.78, 5) is 0. The van der Waals surface area contributed by atoms with Crippen LogP contribution >= 0.6 is 0 Å². The first kappa shape index (κ1) is 12.1. The van der Waals surface area contributed by atoms with Crippen LogP contribution in [0.15, 0.2) is 0 Å². The molecule has 12 heavy (non-hydrogen) atoms. The first-order valence-corrected chi connectivity index (χ1v) is 6.31. The molecule has 0 saturated carbocycles. The molecule has 0 saturated heterocycles. The lowest BCUT2D eigenvalue weighted by molar-refractivity contribution is 0.276. The van der Waals surface area contributed by atoms with Gasteiger partial charge in [0.15, 0.2) is 0 Å². The molecule has 0 amide bonds. The molecular formula is C8H21NO2Si. The van der Waals surface area contributed by atoms with Crippen LogP contribution in [-0.2, 0) is 8.85 Å². The Bertz CT molecular complexity index is 89.1. The number of unbranched alkanes of at least 4 members (excludes halogenated alkanes) is 2. The largest absolute Gasteiger partial charge is 0.400 e. The minimum Gasteiger partial charge on any atom is -0.400 e. The van der Waals surface area contributed by atoms with Gasteiger partial charge in [0.25, 0.3) is 0 Å². The molecule has 0 bridgehead atoms. The second-order valence-corrected chi connectivity index (χ2v) is 5.23. The highest BCUT2D eigenvalue weighted by molar-refractivity contribution is 6.44. The summed E-state index contributed by atoms with van der Waals surface area (Å²) >= 11 is 0. The molecule has 0 heterocycles. The van der Waals surface area contributed by atoms with E-state index in [4.69, 9.17) is 8.85 Å².